The summed E-state index contributed by atoms with van der Waals surface area (Å²) in [5.41, 5.74) is 0. The number of carbonyl (C=O) groups excluding carboxylic acids is 2. The van der Waals surface area contributed by atoms with E-state index in [4.69, 9.17) is 9.47 Å². The Kier molecular flexibility index (Phi) is 9.58. The molecule has 4 heterocycles. The van der Waals surface area contributed by atoms with Crippen molar-refractivity contribution in [1.82, 2.24) is 19.6 Å². The third kappa shape index (κ3) is 6.87. The van der Waals surface area contributed by atoms with Crippen molar-refractivity contribution in [2.45, 2.75) is 97.1 Å². The first-order chi connectivity index (χ1) is 17.6. The second-order valence-electron chi connectivity index (χ2n) is 13.0. The minimum absolute atomic E-state index is 0.0140. The van der Waals surface area contributed by atoms with Crippen molar-refractivity contribution in [1.29, 1.82) is 0 Å². The Hall–Kier alpha value is -1.22. The van der Waals surface area contributed by atoms with Gasteiger partial charge in [0.05, 0.1) is 19.3 Å². The van der Waals surface area contributed by atoms with Gasteiger partial charge in [-0.15, -0.1) is 0 Å². The molecular formula is C29H52N4O4. The second kappa shape index (κ2) is 12.3. The van der Waals surface area contributed by atoms with Crippen LogP contribution in [0.3, 0.4) is 0 Å². The average Bonchev–Trinajstić information content (AvgIpc) is 3.35. The number of carbonyl (C=O) groups is 2. The quantitative estimate of drug-likeness (QED) is 0.490. The summed E-state index contributed by atoms with van der Waals surface area (Å²) in [4.78, 5) is 36.3. The lowest BCUT2D eigenvalue weighted by Gasteiger charge is -2.50. The van der Waals surface area contributed by atoms with Crippen LogP contribution in [0.15, 0.2) is 0 Å². The van der Waals surface area contributed by atoms with Crippen LogP contribution < -0.4 is 0 Å². The number of nitrogens with zero attached hydrogens (tertiary/aromatic N) is 4. The van der Waals surface area contributed by atoms with Crippen LogP contribution in [0.4, 0.5) is 0 Å². The van der Waals surface area contributed by atoms with Gasteiger partial charge in [-0.3, -0.25) is 14.5 Å². The molecule has 4 aliphatic rings. The van der Waals surface area contributed by atoms with Gasteiger partial charge >= 0.3 is 0 Å². The van der Waals surface area contributed by atoms with Crippen molar-refractivity contribution >= 4 is 11.8 Å². The normalized spacial score (nSPS) is 33.2. The van der Waals surface area contributed by atoms with Gasteiger partial charge in [0, 0.05) is 51.0 Å². The molecule has 0 N–H and O–H groups in total. The van der Waals surface area contributed by atoms with Crippen LogP contribution in [0.2, 0.25) is 0 Å². The maximum absolute atomic E-state index is 14.0. The summed E-state index contributed by atoms with van der Waals surface area (Å²) in [7, 11) is 2.04. The van der Waals surface area contributed by atoms with Crippen molar-refractivity contribution in [3.63, 3.8) is 0 Å². The third-order valence-electron chi connectivity index (χ3n) is 8.88. The van der Waals surface area contributed by atoms with Crippen LogP contribution in [0.5, 0.6) is 0 Å². The molecule has 4 fully saturated rings. The van der Waals surface area contributed by atoms with Crippen molar-refractivity contribution in [3.8, 4) is 0 Å². The highest BCUT2D eigenvalue weighted by Gasteiger charge is 2.47. The zero-order chi connectivity index (χ0) is 26.7. The molecule has 8 nitrogen and oxygen atoms in total. The van der Waals surface area contributed by atoms with E-state index in [0.717, 1.165) is 32.7 Å². The highest BCUT2D eigenvalue weighted by molar-refractivity contribution is 5.90. The molecule has 0 aromatic carbocycles. The molecule has 0 aromatic heterocycles. The number of likely N-dealkylation sites (tertiary alicyclic amines) is 2. The highest BCUT2D eigenvalue weighted by Crippen LogP contribution is 2.36. The van der Waals surface area contributed by atoms with E-state index in [9.17, 15) is 9.59 Å². The summed E-state index contributed by atoms with van der Waals surface area (Å²) >= 11 is 0. The summed E-state index contributed by atoms with van der Waals surface area (Å²) in [6, 6.07) is -0.527. The number of rotatable bonds is 8. The summed E-state index contributed by atoms with van der Waals surface area (Å²) in [5.74, 6) is 0.826. The summed E-state index contributed by atoms with van der Waals surface area (Å²) in [6.07, 6.45) is 5.51. The molecule has 3 unspecified atom stereocenters. The average molecular weight is 521 g/mol. The number of likely N-dealkylation sites (N-methyl/N-ethyl adjacent to an activating group) is 1. The smallest absolute Gasteiger partial charge is 0.245 e. The van der Waals surface area contributed by atoms with Crippen LogP contribution in [0.1, 0.15) is 73.1 Å². The number of hydrogen-bond acceptors (Lipinski definition) is 6. The molecule has 4 aliphatic heterocycles. The van der Waals surface area contributed by atoms with E-state index < -0.39 is 11.8 Å². The van der Waals surface area contributed by atoms with Gasteiger partial charge in [0.2, 0.25) is 11.8 Å². The fourth-order valence-corrected chi connectivity index (χ4v) is 6.78. The Morgan fingerprint density at radius 2 is 1.68 bits per heavy atom. The Bertz CT molecular complexity index is 776. The topological polar surface area (TPSA) is 65.6 Å². The van der Waals surface area contributed by atoms with Crippen LogP contribution in [-0.4, -0.2) is 115 Å². The molecule has 0 bridgehead atoms. The van der Waals surface area contributed by atoms with Gasteiger partial charge in [-0.05, 0) is 64.6 Å². The highest BCUT2D eigenvalue weighted by atomic mass is 16.7. The van der Waals surface area contributed by atoms with Crippen molar-refractivity contribution in [2.24, 2.45) is 17.8 Å². The molecule has 0 aliphatic carbocycles. The lowest BCUT2D eigenvalue weighted by molar-refractivity contribution is -0.303. The number of hydrogen-bond donors (Lipinski definition) is 0. The molecule has 4 rings (SSSR count). The molecule has 8 heteroatoms. The van der Waals surface area contributed by atoms with Gasteiger partial charge < -0.3 is 24.2 Å². The Morgan fingerprint density at radius 1 is 1.00 bits per heavy atom. The molecule has 3 atom stereocenters. The first-order valence-electron chi connectivity index (χ1n) is 14.9. The largest absolute Gasteiger partial charge is 0.349 e. The molecular weight excluding hydrogens is 468 g/mol. The molecule has 212 valence electrons. The van der Waals surface area contributed by atoms with Gasteiger partial charge in [0.1, 0.15) is 6.04 Å². The first-order valence-corrected chi connectivity index (χ1v) is 14.9. The molecule has 2 amide bonds. The van der Waals surface area contributed by atoms with E-state index in [0.29, 0.717) is 50.1 Å². The number of piperidine rings is 1. The zero-order valence-electron chi connectivity index (χ0n) is 24.3. The van der Waals surface area contributed by atoms with Gasteiger partial charge in [-0.2, -0.15) is 0 Å². The predicted molar refractivity (Wildman–Crippen MR) is 145 cm³/mol. The zero-order valence-corrected chi connectivity index (χ0v) is 24.3. The maximum atomic E-state index is 14.0. The Morgan fingerprint density at radius 3 is 2.27 bits per heavy atom. The minimum Gasteiger partial charge on any atom is -0.349 e. The van der Waals surface area contributed by atoms with E-state index in [1.165, 1.54) is 25.9 Å². The Balaban J connectivity index is 1.38. The van der Waals surface area contributed by atoms with Crippen LogP contribution >= 0.6 is 0 Å². The second-order valence-corrected chi connectivity index (χ2v) is 13.0. The molecule has 4 saturated heterocycles. The predicted octanol–water partition coefficient (Wildman–Crippen LogP) is 3.06. The first kappa shape index (κ1) is 28.8. The molecule has 37 heavy (non-hydrogen) atoms. The monoisotopic (exact) mass is 520 g/mol. The van der Waals surface area contributed by atoms with Gasteiger partial charge in [0.25, 0.3) is 0 Å². The number of piperazine rings is 1. The lowest BCUT2D eigenvalue weighted by Crippen LogP contribution is -2.64. The fourth-order valence-electron chi connectivity index (χ4n) is 6.78. The SMILES string of the molecule is CC(C)CC1C(=O)N(C(CC(C)C)C(=O)N2CCC3(CC2C)OCC(CN2CCCC2)CO3)CCN1C. The Labute approximate surface area is 225 Å². The van der Waals surface area contributed by atoms with Gasteiger partial charge in [0.15, 0.2) is 5.79 Å². The minimum atomic E-state index is -0.572. The van der Waals surface area contributed by atoms with Gasteiger partial charge in [-0.25, -0.2) is 0 Å². The number of ether oxygens (including phenoxy) is 2. The summed E-state index contributed by atoms with van der Waals surface area (Å²) in [6.45, 7) is 17.7. The van der Waals surface area contributed by atoms with E-state index in [1.54, 1.807) is 0 Å². The number of amides is 2. The van der Waals surface area contributed by atoms with Gasteiger partial charge in [-0.1, -0.05) is 27.7 Å². The van der Waals surface area contributed by atoms with E-state index in [-0.39, 0.29) is 23.9 Å². The van der Waals surface area contributed by atoms with Crippen molar-refractivity contribution in [2.75, 3.05) is 59.5 Å². The molecule has 0 radical (unpaired) electrons. The van der Waals surface area contributed by atoms with Crippen LogP contribution in [-0.2, 0) is 19.1 Å². The van der Waals surface area contributed by atoms with Crippen molar-refractivity contribution < 1.29 is 19.1 Å². The van der Waals surface area contributed by atoms with E-state index >= 15 is 0 Å². The third-order valence-corrected chi connectivity index (χ3v) is 8.88. The maximum Gasteiger partial charge on any atom is 0.245 e. The van der Waals surface area contributed by atoms with Crippen molar-refractivity contribution in [3.05, 3.63) is 0 Å². The van der Waals surface area contributed by atoms with E-state index in [1.807, 2.05) is 16.8 Å². The molecule has 0 aromatic rings. The fraction of sp³-hybridized carbons (Fsp3) is 0.931. The summed E-state index contributed by atoms with van der Waals surface area (Å²) < 4.78 is 12.8. The van der Waals surface area contributed by atoms with E-state index in [2.05, 4.69) is 44.4 Å². The molecule has 1 spiro atoms. The van der Waals surface area contributed by atoms with Crippen LogP contribution in [0.25, 0.3) is 0 Å². The summed E-state index contributed by atoms with van der Waals surface area (Å²) in [5, 5.41) is 0. The lowest BCUT2D eigenvalue weighted by atomic mass is 9.92. The standard InChI is InChI=1S/C29H52N4O4/c1-21(2)15-25-27(34)33(14-13-30(25)6)26(16-22(3)4)28(35)32-12-9-29(17-23(32)5)36-19-24(20-37-29)18-31-10-7-8-11-31/h21-26H,7-20H2,1-6H3. The van der Waals surface area contributed by atoms with Crippen LogP contribution in [0, 0.1) is 17.8 Å². The molecule has 0 saturated carbocycles.